The van der Waals surface area contributed by atoms with E-state index in [0.29, 0.717) is 35.7 Å². The topological polar surface area (TPSA) is 66.8 Å². The number of likely N-dealkylation sites (tertiary alicyclic amines) is 1. The molecule has 2 rings (SSSR count). The Morgan fingerprint density at radius 3 is 2.71 bits per heavy atom. The summed E-state index contributed by atoms with van der Waals surface area (Å²) < 4.78 is 4.92. The summed E-state index contributed by atoms with van der Waals surface area (Å²) >= 11 is 10.7. The summed E-state index contributed by atoms with van der Waals surface area (Å²) in [5.41, 5.74) is 1.31. The van der Waals surface area contributed by atoms with Crippen molar-refractivity contribution < 1.29 is 19.4 Å². The van der Waals surface area contributed by atoms with Gasteiger partial charge >= 0.3 is 11.9 Å². The predicted molar refractivity (Wildman–Crippen MR) is 98.1 cm³/mol. The molecule has 1 saturated heterocycles. The molecule has 1 aromatic rings. The summed E-state index contributed by atoms with van der Waals surface area (Å²) in [6, 6.07) is 6.40. The number of esters is 1. The van der Waals surface area contributed by atoms with Gasteiger partial charge in [0.1, 0.15) is 6.04 Å². The number of methoxy groups -OCH3 is 1. The average Bonchev–Trinajstić information content (AvgIpc) is 2.51. The monoisotopic (exact) mass is 391 g/mol. The third-order valence-electron chi connectivity index (χ3n) is 3.80. The quantitative estimate of drug-likeness (QED) is 0.469. The number of thiol groups is 1. The molecule has 2 atom stereocenters. The van der Waals surface area contributed by atoms with Gasteiger partial charge in [0.05, 0.1) is 7.11 Å². The summed E-state index contributed by atoms with van der Waals surface area (Å²) in [7, 11) is 1.32. The molecule has 0 spiro atoms. The normalized spacial score (nSPS) is 21.0. The average molecular weight is 392 g/mol. The molecule has 8 heteroatoms. The van der Waals surface area contributed by atoms with E-state index in [1.165, 1.54) is 7.11 Å². The van der Waals surface area contributed by atoms with E-state index in [2.05, 4.69) is 12.6 Å². The number of hydrogen-bond donors (Lipinski definition) is 2. The van der Waals surface area contributed by atoms with E-state index in [9.17, 15) is 9.59 Å². The predicted octanol–water partition coefficient (Wildman–Crippen LogP) is 2.99. The highest BCUT2D eigenvalue weighted by atomic mass is 35.5. The fraction of sp³-hybridized carbons (Fsp3) is 0.375. The Morgan fingerprint density at radius 1 is 1.46 bits per heavy atom. The van der Waals surface area contributed by atoms with Crippen LogP contribution >= 0.6 is 36.6 Å². The SMILES string of the molecule is COC(=O)C(c1ccccc1Cl)N1CCC(S)/C(=C/C(=O)O)C1.Cl. The second kappa shape index (κ2) is 9.32. The van der Waals surface area contributed by atoms with Crippen LogP contribution in [0.1, 0.15) is 18.0 Å². The van der Waals surface area contributed by atoms with Crippen molar-refractivity contribution in [1.82, 2.24) is 4.90 Å². The fourth-order valence-corrected chi connectivity index (χ4v) is 3.21. The van der Waals surface area contributed by atoms with Gasteiger partial charge in [-0.1, -0.05) is 29.8 Å². The number of nitrogens with zero attached hydrogens (tertiary/aromatic N) is 1. The van der Waals surface area contributed by atoms with Crippen molar-refractivity contribution in [1.29, 1.82) is 0 Å². The molecule has 1 aliphatic rings. The third-order valence-corrected chi connectivity index (χ3v) is 4.74. The Kier molecular flexibility index (Phi) is 8.09. The molecule has 1 aliphatic heterocycles. The number of carboxylic acids is 1. The number of halogens is 2. The van der Waals surface area contributed by atoms with Gasteiger partial charge in [0, 0.05) is 29.4 Å². The zero-order valence-corrected chi connectivity index (χ0v) is 15.5. The van der Waals surface area contributed by atoms with Gasteiger partial charge in [-0.2, -0.15) is 12.6 Å². The number of benzene rings is 1. The molecular weight excluding hydrogens is 373 g/mol. The Bertz CT molecular complexity index is 638. The van der Waals surface area contributed by atoms with Crippen LogP contribution in [0.4, 0.5) is 0 Å². The molecule has 2 unspecified atom stereocenters. The molecule has 24 heavy (non-hydrogen) atoms. The van der Waals surface area contributed by atoms with Crippen molar-refractivity contribution in [3.63, 3.8) is 0 Å². The van der Waals surface area contributed by atoms with Crippen LogP contribution in [0.15, 0.2) is 35.9 Å². The number of hydrogen-bond acceptors (Lipinski definition) is 5. The fourth-order valence-electron chi connectivity index (χ4n) is 2.69. The van der Waals surface area contributed by atoms with Gasteiger partial charge in [-0.05, 0) is 23.6 Å². The molecule has 1 fully saturated rings. The number of rotatable bonds is 4. The van der Waals surface area contributed by atoms with Crippen molar-refractivity contribution in [3.05, 3.63) is 46.5 Å². The van der Waals surface area contributed by atoms with Crippen LogP contribution in [-0.4, -0.2) is 47.4 Å². The lowest BCUT2D eigenvalue weighted by atomic mass is 9.98. The summed E-state index contributed by atoms with van der Waals surface area (Å²) in [6.07, 6.45) is 1.80. The smallest absolute Gasteiger partial charge is 0.328 e. The third kappa shape index (κ3) is 4.89. The first-order chi connectivity index (χ1) is 10.9. The number of aliphatic carboxylic acids is 1. The van der Waals surface area contributed by atoms with Crippen LogP contribution in [0, 0.1) is 0 Å². The molecule has 0 aromatic heterocycles. The first-order valence-electron chi connectivity index (χ1n) is 7.11. The number of carbonyl (C=O) groups is 2. The number of ether oxygens (including phenoxy) is 1. The molecule has 0 radical (unpaired) electrons. The molecule has 1 aromatic carbocycles. The van der Waals surface area contributed by atoms with Crippen molar-refractivity contribution in [2.75, 3.05) is 20.2 Å². The molecule has 132 valence electrons. The Balaban J connectivity index is 0.00000288. The number of carboxylic acid groups (broad SMARTS) is 1. The minimum atomic E-state index is -1.02. The molecule has 0 saturated carbocycles. The van der Waals surface area contributed by atoms with Gasteiger partial charge in [0.25, 0.3) is 0 Å². The van der Waals surface area contributed by atoms with Crippen molar-refractivity contribution >= 4 is 48.6 Å². The van der Waals surface area contributed by atoms with Crippen LogP contribution in [0.3, 0.4) is 0 Å². The van der Waals surface area contributed by atoms with E-state index in [1.807, 2.05) is 4.90 Å². The lowest BCUT2D eigenvalue weighted by Gasteiger charge is -2.36. The minimum absolute atomic E-state index is 0. The summed E-state index contributed by atoms with van der Waals surface area (Å²) in [6.45, 7) is 0.918. The highest BCUT2D eigenvalue weighted by Gasteiger charge is 2.34. The lowest BCUT2D eigenvalue weighted by molar-refractivity contribution is -0.147. The first-order valence-corrected chi connectivity index (χ1v) is 8.01. The number of piperidine rings is 1. The van der Waals surface area contributed by atoms with Crippen LogP contribution < -0.4 is 0 Å². The highest BCUT2D eigenvalue weighted by Crippen LogP contribution is 2.33. The van der Waals surface area contributed by atoms with E-state index in [0.717, 1.165) is 6.08 Å². The highest BCUT2D eigenvalue weighted by molar-refractivity contribution is 7.81. The van der Waals surface area contributed by atoms with Crippen molar-refractivity contribution in [3.8, 4) is 0 Å². The molecule has 0 aliphatic carbocycles. The zero-order chi connectivity index (χ0) is 17.0. The molecule has 1 N–H and O–H groups in total. The lowest BCUT2D eigenvalue weighted by Crippen LogP contribution is -2.42. The van der Waals surface area contributed by atoms with Crippen molar-refractivity contribution in [2.45, 2.75) is 17.7 Å². The van der Waals surface area contributed by atoms with Gasteiger partial charge in [-0.15, -0.1) is 12.4 Å². The van der Waals surface area contributed by atoms with Gasteiger partial charge < -0.3 is 9.84 Å². The van der Waals surface area contributed by atoms with Crippen LogP contribution in [0.5, 0.6) is 0 Å². The molecule has 0 bridgehead atoms. The van der Waals surface area contributed by atoms with Crippen LogP contribution in [0.25, 0.3) is 0 Å². The molecular formula is C16H19Cl2NO4S. The molecule has 0 amide bonds. The second-order valence-electron chi connectivity index (χ2n) is 5.28. The molecule has 1 heterocycles. The Labute approximate surface area is 157 Å². The minimum Gasteiger partial charge on any atom is -0.478 e. The van der Waals surface area contributed by atoms with Crippen molar-refractivity contribution in [2.24, 2.45) is 0 Å². The van der Waals surface area contributed by atoms with Crippen LogP contribution in [0.2, 0.25) is 5.02 Å². The number of carbonyl (C=O) groups excluding carboxylic acids is 1. The van der Waals surface area contributed by atoms with E-state index in [-0.39, 0.29) is 17.7 Å². The van der Waals surface area contributed by atoms with E-state index < -0.39 is 18.0 Å². The van der Waals surface area contributed by atoms with Gasteiger partial charge in [-0.3, -0.25) is 4.90 Å². The summed E-state index contributed by atoms with van der Waals surface area (Å²) in [4.78, 5) is 25.1. The summed E-state index contributed by atoms with van der Waals surface area (Å²) in [5, 5.41) is 9.32. The van der Waals surface area contributed by atoms with E-state index >= 15 is 0 Å². The summed E-state index contributed by atoms with van der Waals surface area (Å²) in [5.74, 6) is -1.45. The maximum atomic E-state index is 12.3. The van der Waals surface area contributed by atoms with Gasteiger partial charge in [-0.25, -0.2) is 9.59 Å². The Morgan fingerprint density at radius 2 is 2.12 bits per heavy atom. The van der Waals surface area contributed by atoms with Gasteiger partial charge in [0.2, 0.25) is 0 Å². The second-order valence-corrected chi connectivity index (χ2v) is 6.31. The van der Waals surface area contributed by atoms with Crippen LogP contribution in [-0.2, 0) is 14.3 Å². The zero-order valence-electron chi connectivity index (χ0n) is 13.0. The maximum Gasteiger partial charge on any atom is 0.328 e. The van der Waals surface area contributed by atoms with E-state index in [4.69, 9.17) is 21.4 Å². The largest absolute Gasteiger partial charge is 0.478 e. The first kappa shape index (κ1) is 20.8. The molecule has 5 nitrogen and oxygen atoms in total. The van der Waals surface area contributed by atoms with E-state index in [1.54, 1.807) is 24.3 Å². The standard InChI is InChI=1S/C16H18ClNO4S.ClH/c1-22-16(21)15(11-4-2-3-5-12(11)17)18-7-6-13(23)10(9-18)8-14(19)20;/h2-5,8,13,15,23H,6-7,9H2,1H3,(H,19,20);1H/b10-8+;. The maximum absolute atomic E-state index is 12.3. The van der Waals surface area contributed by atoms with Gasteiger partial charge in [0.15, 0.2) is 0 Å². The Hall–Kier alpha value is -1.21.